The zero-order chi connectivity index (χ0) is 16.7. The van der Waals surface area contributed by atoms with Gasteiger partial charge in [-0.25, -0.2) is 4.98 Å². The second kappa shape index (κ2) is 6.33. The minimum absolute atomic E-state index is 0.215. The third kappa shape index (κ3) is 3.00. The molecule has 24 heavy (non-hydrogen) atoms. The van der Waals surface area contributed by atoms with Crippen LogP contribution in [0.5, 0.6) is 0 Å². The van der Waals surface area contributed by atoms with E-state index in [-0.39, 0.29) is 5.91 Å². The van der Waals surface area contributed by atoms with E-state index in [1.54, 1.807) is 11.3 Å². The predicted molar refractivity (Wildman–Crippen MR) is 93.6 cm³/mol. The molecule has 0 bridgehead atoms. The zero-order valence-corrected chi connectivity index (χ0v) is 14.9. The molecule has 1 aliphatic carbocycles. The molecule has 1 amide bonds. The topological polar surface area (TPSA) is 58.4 Å². The summed E-state index contributed by atoms with van der Waals surface area (Å²) >= 11 is 1.65. The maximum atomic E-state index is 11.6. The number of piperidine rings is 1. The summed E-state index contributed by atoms with van der Waals surface area (Å²) < 4.78 is 5.85. The average molecular weight is 345 g/mol. The lowest BCUT2D eigenvalue weighted by Crippen LogP contribution is -2.38. The van der Waals surface area contributed by atoms with Gasteiger partial charge in [0.1, 0.15) is 5.76 Å². The molecule has 6 heteroatoms. The summed E-state index contributed by atoms with van der Waals surface area (Å²) in [4.78, 5) is 19.7. The third-order valence-electron chi connectivity index (χ3n) is 5.47. The highest BCUT2D eigenvalue weighted by Crippen LogP contribution is 2.38. The lowest BCUT2D eigenvalue weighted by molar-refractivity contribution is -0.124. The molecule has 1 aliphatic heterocycles. The smallest absolute Gasteiger partial charge is 0.236 e. The number of hydrogen-bond donors (Lipinski definition) is 1. The van der Waals surface area contributed by atoms with Crippen molar-refractivity contribution in [3.05, 3.63) is 29.0 Å². The van der Waals surface area contributed by atoms with Gasteiger partial charge in [0.2, 0.25) is 11.8 Å². The Morgan fingerprint density at radius 1 is 1.42 bits per heavy atom. The first kappa shape index (κ1) is 15.8. The minimum atomic E-state index is 0.215. The van der Waals surface area contributed by atoms with E-state index in [1.807, 2.05) is 24.4 Å². The van der Waals surface area contributed by atoms with Crippen LogP contribution in [0.4, 0.5) is 0 Å². The van der Waals surface area contributed by atoms with Crippen LogP contribution in [-0.4, -0.2) is 35.4 Å². The molecule has 128 valence electrons. The molecule has 2 aromatic heterocycles. The van der Waals surface area contributed by atoms with Crippen molar-refractivity contribution in [3.63, 3.8) is 0 Å². The van der Waals surface area contributed by atoms with Crippen LogP contribution in [0.2, 0.25) is 0 Å². The van der Waals surface area contributed by atoms with Gasteiger partial charge in [0.25, 0.3) is 0 Å². The highest BCUT2D eigenvalue weighted by Gasteiger charge is 2.39. The Hall–Kier alpha value is -1.66. The van der Waals surface area contributed by atoms with Crippen LogP contribution in [0.15, 0.2) is 21.9 Å². The van der Waals surface area contributed by atoms with Crippen LogP contribution in [0, 0.1) is 18.8 Å². The van der Waals surface area contributed by atoms with Gasteiger partial charge in [0, 0.05) is 25.6 Å². The SMILES string of the molecule is Cc1oc(-c2cccs2)nc1CN(C)[C@H]1C[C@H]2CC(=O)NC[C@H]2C1. The van der Waals surface area contributed by atoms with E-state index in [0.717, 1.165) is 48.2 Å². The van der Waals surface area contributed by atoms with E-state index in [2.05, 4.69) is 17.3 Å². The summed E-state index contributed by atoms with van der Waals surface area (Å²) in [6.45, 7) is 3.63. The number of nitrogens with zero attached hydrogens (tertiary/aromatic N) is 2. The monoisotopic (exact) mass is 345 g/mol. The highest BCUT2D eigenvalue weighted by molar-refractivity contribution is 7.13. The molecular weight excluding hydrogens is 322 g/mol. The fourth-order valence-corrected chi connectivity index (χ4v) is 4.69. The summed E-state index contributed by atoms with van der Waals surface area (Å²) in [5, 5.41) is 5.04. The van der Waals surface area contributed by atoms with Crippen molar-refractivity contribution in [2.24, 2.45) is 11.8 Å². The molecule has 2 fully saturated rings. The lowest BCUT2D eigenvalue weighted by atomic mass is 9.89. The molecule has 3 atom stereocenters. The summed E-state index contributed by atoms with van der Waals surface area (Å²) in [6, 6.07) is 4.57. The van der Waals surface area contributed by atoms with Crippen molar-refractivity contribution in [1.29, 1.82) is 0 Å². The molecule has 0 aromatic carbocycles. The number of rotatable bonds is 4. The number of amides is 1. The van der Waals surface area contributed by atoms with Gasteiger partial charge in [-0.3, -0.25) is 9.69 Å². The fourth-order valence-electron chi connectivity index (χ4n) is 4.04. The number of oxazole rings is 1. The van der Waals surface area contributed by atoms with E-state index in [9.17, 15) is 4.79 Å². The number of nitrogens with one attached hydrogen (secondary N) is 1. The van der Waals surface area contributed by atoms with Crippen LogP contribution in [-0.2, 0) is 11.3 Å². The van der Waals surface area contributed by atoms with Gasteiger partial charge in [0.15, 0.2) is 0 Å². The normalized spacial score (nSPS) is 26.6. The number of aromatic nitrogens is 1. The van der Waals surface area contributed by atoms with E-state index in [1.165, 1.54) is 0 Å². The number of carbonyl (C=O) groups is 1. The first-order chi connectivity index (χ1) is 11.6. The highest BCUT2D eigenvalue weighted by atomic mass is 32.1. The van der Waals surface area contributed by atoms with Gasteiger partial charge in [0.05, 0.1) is 10.6 Å². The standard InChI is InChI=1S/C18H23N3O2S/c1-11-15(20-18(23-11)16-4-3-5-24-16)10-21(2)14-6-12-8-17(22)19-9-13(12)7-14/h3-5,12-14H,6-10H2,1-2H3,(H,19,22)/t12-,13+,14-/m0/s1. The Labute approximate surface area is 146 Å². The zero-order valence-electron chi connectivity index (χ0n) is 14.1. The summed E-state index contributed by atoms with van der Waals surface area (Å²) in [5.74, 6) is 3.02. The van der Waals surface area contributed by atoms with Gasteiger partial charge in [-0.05, 0) is 50.1 Å². The largest absolute Gasteiger partial charge is 0.440 e. The molecule has 4 rings (SSSR count). The molecule has 0 unspecified atom stereocenters. The molecule has 5 nitrogen and oxygen atoms in total. The van der Waals surface area contributed by atoms with Crippen LogP contribution in [0.25, 0.3) is 10.8 Å². The summed E-state index contributed by atoms with van der Waals surface area (Å²) in [7, 11) is 2.16. The first-order valence-electron chi connectivity index (χ1n) is 8.57. The second-order valence-corrected chi connectivity index (χ2v) is 8.02. The van der Waals surface area contributed by atoms with Crippen molar-refractivity contribution < 1.29 is 9.21 Å². The number of hydrogen-bond acceptors (Lipinski definition) is 5. The third-order valence-corrected chi connectivity index (χ3v) is 6.33. The Bertz CT molecular complexity index is 725. The van der Waals surface area contributed by atoms with Crippen LogP contribution < -0.4 is 5.32 Å². The van der Waals surface area contributed by atoms with Crippen LogP contribution in [0.1, 0.15) is 30.7 Å². The molecule has 2 aromatic rings. The first-order valence-corrected chi connectivity index (χ1v) is 9.45. The van der Waals surface area contributed by atoms with Gasteiger partial charge >= 0.3 is 0 Å². The van der Waals surface area contributed by atoms with Crippen molar-refractivity contribution in [3.8, 4) is 10.8 Å². The summed E-state index contributed by atoms with van der Waals surface area (Å²) in [5.41, 5.74) is 1.02. The Balaban J connectivity index is 1.43. The number of thiophene rings is 1. The molecule has 0 spiro atoms. The van der Waals surface area contributed by atoms with Gasteiger partial charge in [-0.2, -0.15) is 0 Å². The molecule has 1 saturated carbocycles. The van der Waals surface area contributed by atoms with E-state index in [0.29, 0.717) is 24.3 Å². The summed E-state index contributed by atoms with van der Waals surface area (Å²) in [6.07, 6.45) is 2.97. The predicted octanol–water partition coefficient (Wildman–Crippen LogP) is 3.06. The Morgan fingerprint density at radius 2 is 2.25 bits per heavy atom. The minimum Gasteiger partial charge on any atom is -0.440 e. The second-order valence-electron chi connectivity index (χ2n) is 7.07. The Morgan fingerprint density at radius 3 is 3.04 bits per heavy atom. The van der Waals surface area contributed by atoms with Crippen molar-refractivity contribution >= 4 is 17.2 Å². The average Bonchev–Trinajstić information content (AvgIpc) is 3.26. The van der Waals surface area contributed by atoms with E-state index < -0.39 is 0 Å². The molecule has 0 radical (unpaired) electrons. The Kier molecular flexibility index (Phi) is 4.18. The van der Waals surface area contributed by atoms with Crippen molar-refractivity contribution in [2.45, 2.75) is 38.8 Å². The van der Waals surface area contributed by atoms with Gasteiger partial charge < -0.3 is 9.73 Å². The molecule has 1 N–H and O–H groups in total. The van der Waals surface area contributed by atoms with E-state index >= 15 is 0 Å². The fraction of sp³-hybridized carbons (Fsp3) is 0.556. The van der Waals surface area contributed by atoms with Crippen LogP contribution in [0.3, 0.4) is 0 Å². The lowest BCUT2D eigenvalue weighted by Gasteiger charge is -2.24. The molecule has 1 saturated heterocycles. The maximum Gasteiger partial charge on any atom is 0.236 e. The van der Waals surface area contributed by atoms with Gasteiger partial charge in [-0.1, -0.05) is 6.07 Å². The molecule has 3 heterocycles. The van der Waals surface area contributed by atoms with Crippen molar-refractivity contribution in [1.82, 2.24) is 15.2 Å². The number of fused-ring (bicyclic) bond motifs is 1. The van der Waals surface area contributed by atoms with E-state index in [4.69, 9.17) is 9.40 Å². The quantitative estimate of drug-likeness (QED) is 0.925. The number of aryl methyl sites for hydroxylation is 1. The number of carbonyl (C=O) groups excluding carboxylic acids is 1. The van der Waals surface area contributed by atoms with Gasteiger partial charge in [-0.15, -0.1) is 11.3 Å². The van der Waals surface area contributed by atoms with Crippen molar-refractivity contribution in [2.75, 3.05) is 13.6 Å². The van der Waals surface area contributed by atoms with Crippen LogP contribution >= 0.6 is 11.3 Å². The molecule has 2 aliphatic rings. The maximum absolute atomic E-state index is 11.6. The molecular formula is C18H23N3O2S.